The van der Waals surface area contributed by atoms with E-state index in [1.807, 2.05) is 13.8 Å². The molecule has 0 aliphatic heterocycles. The van der Waals surface area contributed by atoms with Crippen molar-refractivity contribution in [2.75, 3.05) is 0 Å². The molecule has 0 unspecified atom stereocenters. The van der Waals surface area contributed by atoms with E-state index in [-0.39, 0.29) is 17.6 Å². The number of aliphatic hydroxyl groups excluding tert-OH is 1. The number of hydrogen-bond acceptors (Lipinski definition) is 2. The molecule has 0 saturated heterocycles. The van der Waals surface area contributed by atoms with Gasteiger partial charge in [-0.3, -0.25) is 4.79 Å². The highest BCUT2D eigenvalue weighted by Gasteiger charge is 2.41. The van der Waals surface area contributed by atoms with Gasteiger partial charge in [-0.05, 0) is 49.7 Å². The fraction of sp³-hybridized carbons (Fsp3) is 0.667. The number of fused-ring (bicyclic) bond motifs is 1. The third-order valence-electron chi connectivity index (χ3n) is 4.61. The lowest BCUT2D eigenvalue weighted by molar-refractivity contribution is -0.115. The lowest BCUT2D eigenvalue weighted by atomic mass is 9.84. The predicted molar refractivity (Wildman–Crippen MR) is 68.5 cm³/mol. The smallest absolute Gasteiger partial charge is 0.159 e. The van der Waals surface area contributed by atoms with Crippen molar-refractivity contribution >= 4 is 5.78 Å². The number of hydrogen-bond donors (Lipinski definition) is 1. The molecule has 2 heteroatoms. The van der Waals surface area contributed by atoms with Gasteiger partial charge in [0.25, 0.3) is 0 Å². The van der Waals surface area contributed by atoms with Gasteiger partial charge in [0.1, 0.15) is 0 Å². The first-order valence-electron chi connectivity index (χ1n) is 6.50. The molecule has 0 heterocycles. The van der Waals surface area contributed by atoms with Crippen molar-refractivity contribution < 1.29 is 9.90 Å². The molecule has 4 atom stereocenters. The summed E-state index contributed by atoms with van der Waals surface area (Å²) in [7, 11) is 0. The van der Waals surface area contributed by atoms with E-state index in [0.717, 1.165) is 29.6 Å². The van der Waals surface area contributed by atoms with Crippen LogP contribution in [-0.2, 0) is 4.79 Å². The molecule has 0 spiro atoms. The van der Waals surface area contributed by atoms with E-state index in [9.17, 15) is 9.90 Å². The molecule has 17 heavy (non-hydrogen) atoms. The van der Waals surface area contributed by atoms with E-state index in [0.29, 0.717) is 12.3 Å². The van der Waals surface area contributed by atoms with Gasteiger partial charge in [0.05, 0.1) is 6.10 Å². The average molecular weight is 234 g/mol. The standard InChI is InChI=1S/C15H22O2/c1-8(2)11-6-5-9(3)12-7-13(16)10(4)14(12)15(11)17/h9,11-12,15,17H,1,5-7H2,2-4H3/t9-,11+,12-,15-/m1/s1. The Kier molecular flexibility index (Phi) is 3.26. The maximum atomic E-state index is 11.8. The van der Waals surface area contributed by atoms with Crippen LogP contribution in [0.25, 0.3) is 0 Å². The van der Waals surface area contributed by atoms with Crippen molar-refractivity contribution in [1.82, 2.24) is 0 Å². The first kappa shape index (κ1) is 12.6. The number of Topliss-reactive ketones (excluding diaryl/α,β-unsaturated/α-hetero) is 1. The Bertz CT molecular complexity index is 392. The van der Waals surface area contributed by atoms with Crippen LogP contribution in [-0.4, -0.2) is 17.0 Å². The van der Waals surface area contributed by atoms with E-state index in [4.69, 9.17) is 0 Å². The van der Waals surface area contributed by atoms with E-state index in [1.54, 1.807) is 0 Å². The van der Waals surface area contributed by atoms with Crippen molar-refractivity contribution in [2.45, 2.75) is 46.1 Å². The zero-order chi connectivity index (χ0) is 12.7. The fourth-order valence-corrected chi connectivity index (χ4v) is 3.38. The molecule has 1 N–H and O–H groups in total. The normalized spacial score (nSPS) is 38.0. The highest BCUT2D eigenvalue weighted by atomic mass is 16.3. The summed E-state index contributed by atoms with van der Waals surface area (Å²) >= 11 is 0. The number of ketones is 1. The molecule has 0 radical (unpaired) electrons. The number of carbonyl (C=O) groups excluding carboxylic acids is 1. The van der Waals surface area contributed by atoms with Gasteiger partial charge in [0.15, 0.2) is 5.78 Å². The SMILES string of the molecule is C=C(C)[C@@H]1CC[C@@H](C)[C@H]2CC(=O)C(C)=C2[C@@H]1O. The summed E-state index contributed by atoms with van der Waals surface area (Å²) in [6, 6.07) is 0. The molecule has 0 aromatic rings. The number of carbonyl (C=O) groups is 1. The maximum absolute atomic E-state index is 11.8. The van der Waals surface area contributed by atoms with Crippen LogP contribution in [0.2, 0.25) is 0 Å². The Morgan fingerprint density at radius 1 is 1.41 bits per heavy atom. The Labute approximate surface area is 103 Å². The lowest BCUT2D eigenvalue weighted by Crippen LogP contribution is -2.24. The van der Waals surface area contributed by atoms with Gasteiger partial charge in [-0.2, -0.15) is 0 Å². The van der Waals surface area contributed by atoms with E-state index < -0.39 is 6.10 Å². The van der Waals surface area contributed by atoms with E-state index in [1.165, 1.54) is 0 Å². The molecular formula is C15H22O2. The summed E-state index contributed by atoms with van der Waals surface area (Å²) in [5, 5.41) is 10.5. The number of aliphatic hydroxyl groups is 1. The van der Waals surface area contributed by atoms with Crippen molar-refractivity contribution in [3.05, 3.63) is 23.3 Å². The summed E-state index contributed by atoms with van der Waals surface area (Å²) in [5.41, 5.74) is 2.85. The van der Waals surface area contributed by atoms with Gasteiger partial charge < -0.3 is 5.11 Å². The molecule has 94 valence electrons. The highest BCUT2D eigenvalue weighted by Crippen LogP contribution is 2.45. The summed E-state index contributed by atoms with van der Waals surface area (Å²) in [6.07, 6.45) is 2.17. The summed E-state index contributed by atoms with van der Waals surface area (Å²) < 4.78 is 0. The molecule has 1 saturated carbocycles. The summed E-state index contributed by atoms with van der Waals surface area (Å²) in [5.74, 6) is 1.10. The minimum atomic E-state index is -0.492. The van der Waals surface area contributed by atoms with Crippen LogP contribution in [0, 0.1) is 17.8 Å². The Balaban J connectivity index is 2.42. The Morgan fingerprint density at radius 2 is 2.06 bits per heavy atom. The quantitative estimate of drug-likeness (QED) is 0.708. The second-order valence-corrected chi connectivity index (χ2v) is 5.77. The third kappa shape index (κ3) is 1.99. The second-order valence-electron chi connectivity index (χ2n) is 5.77. The lowest BCUT2D eigenvalue weighted by Gasteiger charge is -2.24. The van der Waals surface area contributed by atoms with Crippen LogP contribution < -0.4 is 0 Å². The topological polar surface area (TPSA) is 37.3 Å². The van der Waals surface area contributed by atoms with Gasteiger partial charge in [-0.25, -0.2) is 0 Å². The van der Waals surface area contributed by atoms with E-state index in [2.05, 4.69) is 13.5 Å². The van der Waals surface area contributed by atoms with Crippen molar-refractivity contribution in [2.24, 2.45) is 17.8 Å². The van der Waals surface area contributed by atoms with Gasteiger partial charge >= 0.3 is 0 Å². The monoisotopic (exact) mass is 234 g/mol. The van der Waals surface area contributed by atoms with Gasteiger partial charge in [-0.1, -0.05) is 19.1 Å². The van der Waals surface area contributed by atoms with Crippen LogP contribution in [0.5, 0.6) is 0 Å². The summed E-state index contributed by atoms with van der Waals surface area (Å²) in [6.45, 7) is 10.0. The van der Waals surface area contributed by atoms with Crippen molar-refractivity contribution in [3.8, 4) is 0 Å². The Hall–Kier alpha value is -0.890. The minimum Gasteiger partial charge on any atom is -0.388 e. The minimum absolute atomic E-state index is 0.123. The van der Waals surface area contributed by atoms with Crippen LogP contribution in [0.15, 0.2) is 23.3 Å². The van der Waals surface area contributed by atoms with Crippen molar-refractivity contribution in [3.63, 3.8) is 0 Å². The molecule has 0 aromatic carbocycles. The molecule has 2 nitrogen and oxygen atoms in total. The van der Waals surface area contributed by atoms with Crippen LogP contribution in [0.3, 0.4) is 0 Å². The van der Waals surface area contributed by atoms with Gasteiger partial charge in [0, 0.05) is 12.3 Å². The van der Waals surface area contributed by atoms with Gasteiger partial charge in [0.2, 0.25) is 0 Å². The summed E-state index contributed by atoms with van der Waals surface area (Å²) in [4.78, 5) is 11.8. The molecule has 1 fully saturated rings. The predicted octanol–water partition coefficient (Wildman–Crippen LogP) is 2.88. The fourth-order valence-electron chi connectivity index (χ4n) is 3.38. The molecule has 2 rings (SSSR count). The first-order valence-corrected chi connectivity index (χ1v) is 6.50. The molecule has 2 aliphatic carbocycles. The van der Waals surface area contributed by atoms with Crippen LogP contribution >= 0.6 is 0 Å². The maximum Gasteiger partial charge on any atom is 0.159 e. The highest BCUT2D eigenvalue weighted by molar-refractivity contribution is 5.98. The average Bonchev–Trinajstić information content (AvgIpc) is 2.48. The number of rotatable bonds is 1. The molecule has 0 bridgehead atoms. The Morgan fingerprint density at radius 3 is 2.65 bits per heavy atom. The van der Waals surface area contributed by atoms with Gasteiger partial charge in [-0.15, -0.1) is 0 Å². The first-order chi connectivity index (χ1) is 7.93. The molecular weight excluding hydrogens is 212 g/mol. The number of allylic oxidation sites excluding steroid dienone is 1. The molecule has 2 aliphatic rings. The largest absolute Gasteiger partial charge is 0.388 e. The molecule has 0 aromatic heterocycles. The zero-order valence-corrected chi connectivity index (χ0v) is 11.0. The zero-order valence-electron chi connectivity index (χ0n) is 11.0. The van der Waals surface area contributed by atoms with Crippen LogP contribution in [0.1, 0.15) is 40.0 Å². The van der Waals surface area contributed by atoms with Crippen molar-refractivity contribution in [1.29, 1.82) is 0 Å². The van der Waals surface area contributed by atoms with Crippen LogP contribution in [0.4, 0.5) is 0 Å². The second kappa shape index (κ2) is 4.41. The van der Waals surface area contributed by atoms with E-state index >= 15 is 0 Å². The third-order valence-corrected chi connectivity index (χ3v) is 4.61. The molecule has 0 amide bonds.